The second kappa shape index (κ2) is 7.53. The van der Waals surface area contributed by atoms with Crippen molar-refractivity contribution in [2.24, 2.45) is 0 Å². The summed E-state index contributed by atoms with van der Waals surface area (Å²) in [4.78, 5) is 22.4. The largest absolute Gasteiger partial charge is 0.484 e. The summed E-state index contributed by atoms with van der Waals surface area (Å²) in [6.07, 6.45) is 0.337. The number of amides is 1. The van der Waals surface area contributed by atoms with Gasteiger partial charge in [0.2, 0.25) is 0 Å². The van der Waals surface area contributed by atoms with Crippen molar-refractivity contribution in [2.45, 2.75) is 39.2 Å². The average molecular weight is 279 g/mol. The van der Waals surface area contributed by atoms with Crippen molar-refractivity contribution >= 4 is 11.9 Å². The number of hydrogen-bond donors (Lipinski definition) is 2. The van der Waals surface area contributed by atoms with E-state index in [-0.39, 0.29) is 6.61 Å². The van der Waals surface area contributed by atoms with Crippen LogP contribution in [0, 0.1) is 0 Å². The Morgan fingerprint density at radius 3 is 2.60 bits per heavy atom. The Kier molecular flexibility index (Phi) is 6.03. The Morgan fingerprint density at radius 1 is 1.35 bits per heavy atom. The number of nitrogens with one attached hydrogen (secondary N) is 1. The van der Waals surface area contributed by atoms with Gasteiger partial charge in [-0.15, -0.1) is 0 Å². The summed E-state index contributed by atoms with van der Waals surface area (Å²) >= 11 is 0. The summed E-state index contributed by atoms with van der Waals surface area (Å²) in [5.41, 5.74) is 1.12. The first-order valence-corrected chi connectivity index (χ1v) is 6.69. The summed E-state index contributed by atoms with van der Waals surface area (Å²) < 4.78 is 5.38. The molecule has 0 aromatic heterocycles. The van der Waals surface area contributed by atoms with Crippen LogP contribution in [0.2, 0.25) is 0 Å². The van der Waals surface area contributed by atoms with Crippen molar-refractivity contribution in [3.63, 3.8) is 0 Å². The van der Waals surface area contributed by atoms with Gasteiger partial charge >= 0.3 is 5.97 Å². The number of carbonyl (C=O) groups excluding carboxylic acids is 1. The lowest BCUT2D eigenvalue weighted by Crippen LogP contribution is -2.42. The lowest BCUT2D eigenvalue weighted by molar-refractivity contribution is -0.142. The van der Waals surface area contributed by atoms with Gasteiger partial charge in [-0.25, -0.2) is 4.79 Å². The summed E-state index contributed by atoms with van der Waals surface area (Å²) in [5, 5.41) is 11.3. The Morgan fingerprint density at radius 2 is 2.05 bits per heavy atom. The highest BCUT2D eigenvalue weighted by Gasteiger charge is 2.17. The second-order valence-electron chi connectivity index (χ2n) is 4.88. The molecule has 0 spiro atoms. The predicted molar refractivity (Wildman–Crippen MR) is 75.9 cm³/mol. The monoisotopic (exact) mass is 279 g/mol. The fourth-order valence-corrected chi connectivity index (χ4v) is 1.69. The maximum Gasteiger partial charge on any atom is 0.326 e. The van der Waals surface area contributed by atoms with E-state index in [2.05, 4.69) is 19.2 Å². The van der Waals surface area contributed by atoms with Crippen LogP contribution in [0.15, 0.2) is 24.3 Å². The number of aliphatic carboxylic acids is 1. The standard InChI is InChI=1S/C15H21NO4/c1-4-13(15(18)19)16-14(17)9-20-12-7-5-6-11(8-12)10(2)3/h5-8,10,13H,4,9H2,1-3H3,(H,16,17)(H,18,19)/t13-/m1/s1. The Balaban J connectivity index is 2.52. The normalized spacial score (nSPS) is 12.0. The first kappa shape index (κ1) is 16.0. The van der Waals surface area contributed by atoms with E-state index in [0.29, 0.717) is 18.1 Å². The molecule has 0 saturated heterocycles. The molecule has 0 aliphatic heterocycles. The Hall–Kier alpha value is -2.04. The fraction of sp³-hybridized carbons (Fsp3) is 0.467. The van der Waals surface area contributed by atoms with Crippen molar-refractivity contribution in [2.75, 3.05) is 6.61 Å². The minimum absolute atomic E-state index is 0.189. The summed E-state index contributed by atoms with van der Waals surface area (Å²) in [5.74, 6) is -0.490. The van der Waals surface area contributed by atoms with Gasteiger partial charge in [-0.3, -0.25) is 4.79 Å². The molecule has 20 heavy (non-hydrogen) atoms. The minimum Gasteiger partial charge on any atom is -0.484 e. The first-order valence-electron chi connectivity index (χ1n) is 6.69. The van der Waals surface area contributed by atoms with Crippen molar-refractivity contribution in [3.8, 4) is 5.75 Å². The van der Waals surface area contributed by atoms with E-state index in [4.69, 9.17) is 9.84 Å². The average Bonchev–Trinajstić information content (AvgIpc) is 2.42. The van der Waals surface area contributed by atoms with E-state index in [9.17, 15) is 9.59 Å². The molecule has 0 heterocycles. The van der Waals surface area contributed by atoms with E-state index >= 15 is 0 Å². The van der Waals surface area contributed by atoms with Crippen LogP contribution < -0.4 is 10.1 Å². The van der Waals surface area contributed by atoms with Crippen LogP contribution in [0.25, 0.3) is 0 Å². The van der Waals surface area contributed by atoms with Gasteiger partial charge in [-0.2, -0.15) is 0 Å². The zero-order valence-corrected chi connectivity index (χ0v) is 12.1. The number of rotatable bonds is 7. The molecule has 1 rings (SSSR count). The lowest BCUT2D eigenvalue weighted by atomic mass is 10.0. The molecular weight excluding hydrogens is 258 g/mol. The van der Waals surface area contributed by atoms with Crippen LogP contribution >= 0.6 is 0 Å². The number of carboxylic acid groups (broad SMARTS) is 1. The molecule has 5 heteroatoms. The molecule has 0 fully saturated rings. The van der Waals surface area contributed by atoms with Crippen molar-refractivity contribution in [1.29, 1.82) is 0 Å². The van der Waals surface area contributed by atoms with Crippen molar-refractivity contribution < 1.29 is 19.4 Å². The minimum atomic E-state index is -1.04. The lowest BCUT2D eigenvalue weighted by Gasteiger charge is -2.13. The molecule has 1 atom stereocenters. The second-order valence-corrected chi connectivity index (χ2v) is 4.88. The van der Waals surface area contributed by atoms with Crippen LogP contribution in [-0.2, 0) is 9.59 Å². The highest BCUT2D eigenvalue weighted by atomic mass is 16.5. The number of carbonyl (C=O) groups is 2. The molecule has 2 N–H and O–H groups in total. The number of benzene rings is 1. The molecule has 0 radical (unpaired) electrons. The van der Waals surface area contributed by atoms with Gasteiger partial charge in [-0.05, 0) is 30.0 Å². The highest BCUT2D eigenvalue weighted by molar-refractivity contribution is 5.84. The summed E-state index contributed by atoms with van der Waals surface area (Å²) in [7, 11) is 0. The molecule has 0 saturated carbocycles. The molecule has 1 aromatic carbocycles. The van der Waals surface area contributed by atoms with E-state index in [0.717, 1.165) is 5.56 Å². The Bertz CT molecular complexity index is 471. The number of hydrogen-bond acceptors (Lipinski definition) is 3. The first-order chi connectivity index (χ1) is 9.43. The third kappa shape index (κ3) is 4.91. The molecule has 0 aliphatic carbocycles. The SMILES string of the molecule is CC[C@@H](NC(=O)COc1cccc(C(C)C)c1)C(=O)O. The maximum absolute atomic E-state index is 11.6. The Labute approximate surface area is 118 Å². The van der Waals surface area contributed by atoms with Gasteiger partial charge in [0, 0.05) is 0 Å². The molecule has 1 amide bonds. The van der Waals surface area contributed by atoms with Gasteiger partial charge in [-0.1, -0.05) is 32.9 Å². The van der Waals surface area contributed by atoms with Crippen molar-refractivity contribution in [1.82, 2.24) is 5.32 Å². The molecule has 0 unspecified atom stereocenters. The third-order valence-electron chi connectivity index (χ3n) is 2.94. The quantitative estimate of drug-likeness (QED) is 0.802. The van der Waals surface area contributed by atoms with Gasteiger partial charge in [0.25, 0.3) is 5.91 Å². The predicted octanol–water partition coefficient (Wildman–Crippen LogP) is 2.17. The van der Waals surface area contributed by atoms with Gasteiger partial charge in [0.1, 0.15) is 11.8 Å². The van der Waals surface area contributed by atoms with Crippen LogP contribution in [0.1, 0.15) is 38.7 Å². The van der Waals surface area contributed by atoms with Crippen LogP contribution in [-0.4, -0.2) is 29.6 Å². The van der Waals surface area contributed by atoms with Crippen molar-refractivity contribution in [3.05, 3.63) is 29.8 Å². The number of carboxylic acids is 1. The van der Waals surface area contributed by atoms with Gasteiger partial charge in [0.05, 0.1) is 0 Å². The molecule has 5 nitrogen and oxygen atoms in total. The van der Waals surface area contributed by atoms with Gasteiger partial charge < -0.3 is 15.2 Å². The zero-order valence-electron chi connectivity index (χ0n) is 12.1. The van der Waals surface area contributed by atoms with Gasteiger partial charge in [0.15, 0.2) is 6.61 Å². The topological polar surface area (TPSA) is 75.6 Å². The molecule has 0 bridgehead atoms. The van der Waals surface area contributed by atoms with Crippen LogP contribution in [0.3, 0.4) is 0 Å². The fourth-order valence-electron chi connectivity index (χ4n) is 1.69. The maximum atomic E-state index is 11.6. The molecule has 0 aliphatic rings. The number of ether oxygens (including phenoxy) is 1. The third-order valence-corrected chi connectivity index (χ3v) is 2.94. The zero-order chi connectivity index (χ0) is 15.1. The molecule has 1 aromatic rings. The molecular formula is C15H21NO4. The van der Waals surface area contributed by atoms with Crippen LogP contribution in [0.5, 0.6) is 5.75 Å². The summed E-state index contributed by atoms with van der Waals surface area (Å²) in [6.45, 7) is 5.66. The summed E-state index contributed by atoms with van der Waals surface area (Å²) in [6, 6.07) is 6.65. The van der Waals surface area contributed by atoms with E-state index in [1.165, 1.54) is 0 Å². The highest BCUT2D eigenvalue weighted by Crippen LogP contribution is 2.19. The van der Waals surface area contributed by atoms with Crippen LogP contribution in [0.4, 0.5) is 0 Å². The smallest absolute Gasteiger partial charge is 0.326 e. The van der Waals surface area contributed by atoms with E-state index < -0.39 is 17.9 Å². The molecule has 110 valence electrons. The van der Waals surface area contributed by atoms with E-state index in [1.807, 2.05) is 18.2 Å². The van der Waals surface area contributed by atoms with E-state index in [1.54, 1.807) is 13.0 Å².